The van der Waals surface area contributed by atoms with Crippen molar-refractivity contribution in [1.29, 1.82) is 0 Å². The fourth-order valence-electron chi connectivity index (χ4n) is 2.81. The Morgan fingerprint density at radius 2 is 1.71 bits per heavy atom. The van der Waals surface area contributed by atoms with Crippen molar-refractivity contribution in [2.24, 2.45) is 0 Å². The van der Waals surface area contributed by atoms with E-state index in [1.54, 1.807) is 12.1 Å². The van der Waals surface area contributed by atoms with Crippen LogP contribution in [0.1, 0.15) is 23.6 Å². The Hall–Kier alpha value is -2.88. The van der Waals surface area contributed by atoms with Gasteiger partial charge < -0.3 is 9.88 Å². The summed E-state index contributed by atoms with van der Waals surface area (Å²) in [6.45, 7) is 2.05. The highest BCUT2D eigenvalue weighted by Crippen LogP contribution is 2.26. The predicted octanol–water partition coefficient (Wildman–Crippen LogP) is 4.55. The average Bonchev–Trinajstić information content (AvgIpc) is 3.10. The van der Waals surface area contributed by atoms with Crippen LogP contribution in [0.5, 0.6) is 0 Å². The lowest BCUT2D eigenvalue weighted by molar-refractivity contribution is -0.116. The van der Waals surface area contributed by atoms with Gasteiger partial charge in [0.25, 0.3) is 0 Å². The van der Waals surface area contributed by atoms with Crippen LogP contribution in [-0.2, 0) is 4.79 Å². The first-order valence-corrected chi connectivity index (χ1v) is 7.87. The number of hydrogen-bond donors (Lipinski definition) is 1. The maximum Gasteiger partial charge on any atom is 0.226 e. The van der Waals surface area contributed by atoms with Gasteiger partial charge in [0.05, 0.1) is 12.5 Å². The van der Waals surface area contributed by atoms with Gasteiger partial charge in [-0.2, -0.15) is 0 Å². The van der Waals surface area contributed by atoms with E-state index < -0.39 is 0 Å². The molecule has 0 aliphatic carbocycles. The summed E-state index contributed by atoms with van der Waals surface area (Å²) in [5.41, 5.74) is 2.85. The number of carbonyl (C=O) groups excluding carboxylic acids is 1. The summed E-state index contributed by atoms with van der Waals surface area (Å²) in [6, 6.07) is 17.7. The number of benzene rings is 2. The van der Waals surface area contributed by atoms with Crippen LogP contribution in [-0.4, -0.2) is 10.5 Å². The first-order valence-electron chi connectivity index (χ1n) is 7.87. The molecule has 122 valence electrons. The monoisotopic (exact) mass is 322 g/mol. The summed E-state index contributed by atoms with van der Waals surface area (Å²) in [5.74, 6) is -0.429. The average molecular weight is 322 g/mol. The maximum atomic E-state index is 13.0. The van der Waals surface area contributed by atoms with Gasteiger partial charge >= 0.3 is 0 Å². The molecule has 0 aliphatic heterocycles. The fourth-order valence-corrected chi connectivity index (χ4v) is 2.81. The van der Waals surface area contributed by atoms with Crippen LogP contribution in [0.25, 0.3) is 0 Å². The fraction of sp³-hybridized carbons (Fsp3) is 0.150. The molecule has 0 bridgehead atoms. The van der Waals surface area contributed by atoms with Gasteiger partial charge in [0, 0.05) is 18.1 Å². The number of carbonyl (C=O) groups is 1. The summed E-state index contributed by atoms with van der Waals surface area (Å²) in [4.78, 5) is 12.5. The van der Waals surface area contributed by atoms with Gasteiger partial charge in [0.15, 0.2) is 0 Å². The molecule has 0 aliphatic rings. The quantitative estimate of drug-likeness (QED) is 0.734. The molecule has 3 nitrogen and oxygen atoms in total. The Balaban J connectivity index is 1.81. The lowest BCUT2D eigenvalue weighted by Gasteiger charge is -2.21. The Bertz CT molecular complexity index is 810. The number of aryl methyl sites for hydroxylation is 1. The second-order valence-corrected chi connectivity index (χ2v) is 5.76. The highest BCUT2D eigenvalue weighted by atomic mass is 19.1. The minimum Gasteiger partial charge on any atom is -0.346 e. The SMILES string of the molecule is Cc1ccccc1[C@@H](CC(=O)Nc1ccc(F)cc1)n1cccc1. The highest BCUT2D eigenvalue weighted by Gasteiger charge is 2.19. The van der Waals surface area contributed by atoms with E-state index in [0.29, 0.717) is 12.1 Å². The molecule has 3 aromatic rings. The molecule has 1 amide bonds. The van der Waals surface area contributed by atoms with Crippen molar-refractivity contribution in [2.45, 2.75) is 19.4 Å². The van der Waals surface area contributed by atoms with E-state index in [0.717, 1.165) is 11.1 Å². The van der Waals surface area contributed by atoms with Crippen molar-refractivity contribution < 1.29 is 9.18 Å². The van der Waals surface area contributed by atoms with Crippen LogP contribution in [0, 0.1) is 12.7 Å². The molecule has 1 aromatic heterocycles. The summed E-state index contributed by atoms with van der Waals surface area (Å²) in [7, 11) is 0. The third kappa shape index (κ3) is 3.71. The zero-order valence-electron chi connectivity index (χ0n) is 13.4. The zero-order valence-corrected chi connectivity index (χ0v) is 13.4. The minimum absolute atomic E-state index is 0.0818. The minimum atomic E-state index is -0.321. The molecule has 1 atom stereocenters. The van der Waals surface area contributed by atoms with Crippen molar-refractivity contribution in [3.63, 3.8) is 0 Å². The first-order chi connectivity index (χ1) is 11.6. The second-order valence-electron chi connectivity index (χ2n) is 5.76. The lowest BCUT2D eigenvalue weighted by Crippen LogP contribution is -2.20. The van der Waals surface area contributed by atoms with Crippen LogP contribution >= 0.6 is 0 Å². The number of rotatable bonds is 5. The van der Waals surface area contributed by atoms with E-state index >= 15 is 0 Å². The van der Waals surface area contributed by atoms with E-state index in [-0.39, 0.29) is 17.8 Å². The predicted molar refractivity (Wildman–Crippen MR) is 93.4 cm³/mol. The molecule has 0 unspecified atom stereocenters. The number of anilines is 1. The van der Waals surface area contributed by atoms with Gasteiger partial charge in [-0.25, -0.2) is 4.39 Å². The Kier molecular flexibility index (Phi) is 4.75. The molecule has 4 heteroatoms. The molecule has 1 N–H and O–H groups in total. The van der Waals surface area contributed by atoms with Crippen molar-refractivity contribution in [2.75, 3.05) is 5.32 Å². The molecular formula is C20H19FN2O. The lowest BCUT2D eigenvalue weighted by atomic mass is 9.98. The molecule has 0 saturated heterocycles. The molecule has 0 fully saturated rings. The first kappa shape index (κ1) is 16.0. The number of nitrogens with zero attached hydrogens (tertiary/aromatic N) is 1. The molecule has 0 saturated carbocycles. The standard InChI is InChI=1S/C20H19FN2O/c1-15-6-2-3-7-18(15)19(23-12-4-5-13-23)14-20(24)22-17-10-8-16(21)9-11-17/h2-13,19H,14H2,1H3,(H,22,24)/t19-/m1/s1. The summed E-state index contributed by atoms with van der Waals surface area (Å²) in [6.07, 6.45) is 4.22. The van der Waals surface area contributed by atoms with Crippen molar-refractivity contribution in [3.05, 3.63) is 90.0 Å². The molecule has 0 radical (unpaired) electrons. The number of hydrogen-bond acceptors (Lipinski definition) is 1. The Labute approximate surface area is 140 Å². The summed E-state index contributed by atoms with van der Waals surface area (Å²) < 4.78 is 15.0. The summed E-state index contributed by atoms with van der Waals surface area (Å²) in [5, 5.41) is 2.83. The van der Waals surface area contributed by atoms with E-state index in [9.17, 15) is 9.18 Å². The van der Waals surface area contributed by atoms with Gasteiger partial charge in [-0.05, 0) is 54.4 Å². The topological polar surface area (TPSA) is 34.0 Å². The van der Waals surface area contributed by atoms with E-state index in [2.05, 4.69) is 5.32 Å². The number of amides is 1. The van der Waals surface area contributed by atoms with Crippen LogP contribution in [0.2, 0.25) is 0 Å². The van der Waals surface area contributed by atoms with Gasteiger partial charge in [-0.1, -0.05) is 24.3 Å². The van der Waals surface area contributed by atoms with Crippen molar-refractivity contribution >= 4 is 11.6 Å². The van der Waals surface area contributed by atoms with Crippen LogP contribution in [0.3, 0.4) is 0 Å². The second kappa shape index (κ2) is 7.13. The van der Waals surface area contributed by atoms with E-state index in [1.165, 1.54) is 12.1 Å². The Morgan fingerprint density at radius 3 is 2.38 bits per heavy atom. The zero-order chi connectivity index (χ0) is 16.9. The van der Waals surface area contributed by atoms with Gasteiger partial charge in [-0.3, -0.25) is 4.79 Å². The normalized spacial score (nSPS) is 11.9. The molecular weight excluding hydrogens is 303 g/mol. The third-order valence-corrected chi connectivity index (χ3v) is 4.04. The van der Waals surface area contributed by atoms with Crippen molar-refractivity contribution in [3.8, 4) is 0 Å². The van der Waals surface area contributed by atoms with Gasteiger partial charge in [-0.15, -0.1) is 0 Å². The van der Waals surface area contributed by atoms with Crippen LogP contribution < -0.4 is 5.32 Å². The van der Waals surface area contributed by atoms with E-state index in [1.807, 2.05) is 60.3 Å². The highest BCUT2D eigenvalue weighted by molar-refractivity contribution is 5.91. The smallest absolute Gasteiger partial charge is 0.226 e. The number of nitrogens with one attached hydrogen (secondary N) is 1. The number of aromatic nitrogens is 1. The molecule has 3 rings (SSSR count). The molecule has 2 aromatic carbocycles. The van der Waals surface area contributed by atoms with E-state index in [4.69, 9.17) is 0 Å². The molecule has 1 heterocycles. The third-order valence-electron chi connectivity index (χ3n) is 4.04. The van der Waals surface area contributed by atoms with Crippen molar-refractivity contribution in [1.82, 2.24) is 4.57 Å². The van der Waals surface area contributed by atoms with Crippen LogP contribution in [0.15, 0.2) is 73.1 Å². The largest absolute Gasteiger partial charge is 0.346 e. The summed E-state index contributed by atoms with van der Waals surface area (Å²) >= 11 is 0. The Morgan fingerprint density at radius 1 is 1.04 bits per heavy atom. The maximum absolute atomic E-state index is 13.0. The van der Waals surface area contributed by atoms with Crippen LogP contribution in [0.4, 0.5) is 10.1 Å². The molecule has 0 spiro atoms. The van der Waals surface area contributed by atoms with Gasteiger partial charge in [0.2, 0.25) is 5.91 Å². The number of halogens is 1. The van der Waals surface area contributed by atoms with Gasteiger partial charge in [0.1, 0.15) is 5.82 Å². The molecule has 24 heavy (non-hydrogen) atoms.